The molecule has 0 spiro atoms. The first-order valence-electron chi connectivity index (χ1n) is 25.6. The zero-order valence-electron chi connectivity index (χ0n) is 48.2. The van der Waals surface area contributed by atoms with E-state index in [-0.39, 0.29) is 60.2 Å². The Labute approximate surface area is 538 Å². The number of hydrogen-bond donors (Lipinski definition) is 7. The molecule has 0 radical (unpaired) electrons. The van der Waals surface area contributed by atoms with Gasteiger partial charge < -0.3 is 43.7 Å². The normalized spacial score (nSPS) is 13.6. The van der Waals surface area contributed by atoms with E-state index in [2.05, 4.69) is 84.8 Å². The van der Waals surface area contributed by atoms with Gasteiger partial charge in [0.05, 0.1) is 63.8 Å². The van der Waals surface area contributed by atoms with Crippen LogP contribution in [0.15, 0.2) is 166 Å². The molecule has 1 saturated heterocycles. The van der Waals surface area contributed by atoms with Crippen LogP contribution in [0.25, 0.3) is 0 Å². The molecule has 24 nitrogen and oxygen atoms in total. The van der Waals surface area contributed by atoms with Crippen molar-refractivity contribution in [3.8, 4) is 28.7 Å². The van der Waals surface area contributed by atoms with Gasteiger partial charge in [0, 0.05) is 62.1 Å². The second kappa shape index (κ2) is 43.6. The molecule has 1 aliphatic carbocycles. The predicted octanol–water partition coefficient (Wildman–Crippen LogP) is 6.55. The van der Waals surface area contributed by atoms with Gasteiger partial charge in [0.15, 0.2) is 0 Å². The van der Waals surface area contributed by atoms with Gasteiger partial charge in [0.1, 0.15) is 33.2 Å². The van der Waals surface area contributed by atoms with Crippen LogP contribution >= 0.6 is 71.8 Å². The van der Waals surface area contributed by atoms with Gasteiger partial charge in [-0.3, -0.25) is 57.3 Å². The largest absolute Gasteiger partial charge is 0.497 e. The molecular formula is C58H72Br3Cl2N9O15. The summed E-state index contributed by atoms with van der Waals surface area (Å²) >= 11 is 14.5. The molecule has 10 rings (SSSR count). The number of halogens is 5. The fraction of sp³-hybridized carbons (Fsp3) is 0.293. The number of pyridine rings is 1. The minimum absolute atomic E-state index is 0. The Hall–Kier alpha value is -6.99. The Morgan fingerprint density at radius 3 is 1.47 bits per heavy atom. The number of aromatic nitrogens is 5. The minimum Gasteiger partial charge on any atom is -0.497 e. The highest BCUT2D eigenvalue weighted by atomic mass is 79.9. The predicted molar refractivity (Wildman–Crippen MR) is 345 cm³/mol. The van der Waals surface area contributed by atoms with Crippen LogP contribution in [0.4, 0.5) is 0 Å². The van der Waals surface area contributed by atoms with Crippen molar-refractivity contribution in [3.05, 3.63) is 216 Å². The molecule has 7 aromatic rings. The van der Waals surface area contributed by atoms with E-state index in [4.69, 9.17) is 51.0 Å². The fourth-order valence-corrected chi connectivity index (χ4v) is 8.17. The number of nitrogens with zero attached hydrogens (tertiary/aromatic N) is 3. The summed E-state index contributed by atoms with van der Waals surface area (Å²) in [4.78, 5) is 70.7. The first kappa shape index (κ1) is 78.0. The lowest BCUT2D eigenvalue weighted by atomic mass is 10.2. The molecule has 0 amide bonds. The van der Waals surface area contributed by atoms with E-state index >= 15 is 0 Å². The minimum atomic E-state index is -0.616. The standard InChI is InChI=1S/2C12H11BrN2O3.C10H13NO2.C8H9ClO.C8H12N2O.C4HBrO3.C4H8O.ClH.H4N2.H2O/c1-18-9-4-2-8(3-5-9)7-15-11(16)6-10(13)12(17)14-15;1-18-9-4-2-8(3-5-9)7-15-12(17)10(13)6-11(16)14-15;1-13-8-2-3-10(11-5-8)9-4-7(9)6-12;1-10-8-4-2-7(6-9)3-5-8;1-11-8-4-2-7(3-5-8)6-10-9;5-2-1-3(6)8-4(2)7;1-2-4-5-3-1;;1-2;/h2-6H,7H2,1H3,(H,14,17);2-6H,7H2,1H3,(H,14,16);2-3,5,7,9,12H,4,6H2,1H3;2-5H,6H2,1H3;2-5,10H,6,9H2,1H3;1H;1-4H2;1H;1-2H2;1H2/t;;7-,9+;;;;;;;/m..1......./s1. The van der Waals surface area contributed by atoms with Gasteiger partial charge >= 0.3 is 11.9 Å². The van der Waals surface area contributed by atoms with E-state index in [0.717, 1.165) is 82.4 Å². The summed E-state index contributed by atoms with van der Waals surface area (Å²) < 4.78 is 37.3. The number of esters is 2. The SMILES string of the molecule is C1CCOC1.COc1ccc(CCl)cc1.COc1ccc(CNN)cc1.COc1ccc(Cn2[nH]c(=O)c(Br)cc2=O)cc1.COc1ccc(Cn2[nH]c(=O)cc(Br)c2=O)cc1.COc1ccc([C@H]2C[C@@H]2CO)nc1.Cl.NN.O.O=C1C=C(Br)C(=O)O1. The number of benzene rings is 4. The van der Waals surface area contributed by atoms with Gasteiger partial charge in [0.25, 0.3) is 22.2 Å². The van der Waals surface area contributed by atoms with Crippen molar-refractivity contribution < 1.29 is 53.3 Å². The Balaban J connectivity index is 0.000000517. The topological polar surface area (TPSA) is 363 Å². The summed E-state index contributed by atoms with van der Waals surface area (Å²) in [5.41, 5.74) is 6.51. The van der Waals surface area contributed by atoms with E-state index in [1.807, 2.05) is 84.9 Å². The van der Waals surface area contributed by atoms with Gasteiger partial charge in [-0.1, -0.05) is 48.5 Å². The van der Waals surface area contributed by atoms with Gasteiger partial charge in [-0.25, -0.2) is 19.0 Å². The number of carbonyl (C=O) groups is 2. The van der Waals surface area contributed by atoms with Gasteiger partial charge in [-0.2, -0.15) is 0 Å². The van der Waals surface area contributed by atoms with Crippen molar-refractivity contribution in [2.75, 3.05) is 55.4 Å². The number of rotatable bonds is 14. The molecule has 2 aliphatic heterocycles. The number of H-pyrrole nitrogens is 2. The number of cyclic esters (lactones) is 2. The first-order valence-corrected chi connectivity index (χ1v) is 28.5. The van der Waals surface area contributed by atoms with E-state index in [9.17, 15) is 28.8 Å². The number of aliphatic hydroxyl groups excluding tert-OH is 1. The number of nitrogens with two attached hydrogens (primary N) is 3. The molecule has 0 unspecified atom stereocenters. The highest BCUT2D eigenvalue weighted by Gasteiger charge is 2.38. The number of hydrazine groups is 2. The lowest BCUT2D eigenvalue weighted by molar-refractivity contribution is -0.150. The molecular weight excluding hydrogens is 1370 g/mol. The van der Waals surface area contributed by atoms with Crippen LogP contribution in [-0.4, -0.2) is 102 Å². The monoisotopic (exact) mass is 1440 g/mol. The number of hydrogen-bond acceptors (Lipinski definition) is 19. The molecule has 3 aliphatic rings. The number of aromatic amines is 2. The van der Waals surface area contributed by atoms with E-state index < -0.39 is 11.9 Å². The Morgan fingerprint density at radius 2 is 1.11 bits per heavy atom. The Kier molecular flexibility index (Phi) is 39.1. The molecule has 3 aromatic heterocycles. The third kappa shape index (κ3) is 29.0. The van der Waals surface area contributed by atoms with Crippen LogP contribution in [0.2, 0.25) is 0 Å². The van der Waals surface area contributed by atoms with E-state index in [1.165, 1.54) is 34.3 Å². The van der Waals surface area contributed by atoms with Crippen LogP contribution in [0.1, 0.15) is 53.1 Å². The lowest BCUT2D eigenvalue weighted by Crippen LogP contribution is -2.29. The quantitative estimate of drug-likeness (QED) is 0.0199. The summed E-state index contributed by atoms with van der Waals surface area (Å²) in [5, 5.41) is 13.9. The van der Waals surface area contributed by atoms with Gasteiger partial charge in [-0.15, -0.1) is 24.0 Å². The summed E-state index contributed by atoms with van der Waals surface area (Å²) in [7, 11) is 8.10. The molecule has 1 saturated carbocycles. The molecule has 2 atom stereocenters. The van der Waals surface area contributed by atoms with Crippen LogP contribution in [-0.2, 0) is 44.6 Å². The number of alkyl halides is 1. The Morgan fingerprint density at radius 1 is 0.655 bits per heavy atom. The molecule has 29 heteroatoms. The second-order valence-corrected chi connectivity index (χ2v) is 20.4. The highest BCUT2D eigenvalue weighted by Crippen LogP contribution is 2.46. The summed E-state index contributed by atoms with van der Waals surface area (Å²) in [6, 6.07) is 36.4. The lowest BCUT2D eigenvalue weighted by Gasteiger charge is -2.06. The summed E-state index contributed by atoms with van der Waals surface area (Å²) in [6.07, 6.45) is 6.43. The average Bonchev–Trinajstić information content (AvgIpc) is 3.41. The average molecular weight is 1450 g/mol. The van der Waals surface area contributed by atoms with Crippen molar-refractivity contribution in [1.29, 1.82) is 0 Å². The number of methoxy groups -OCH3 is 5. The van der Waals surface area contributed by atoms with Crippen molar-refractivity contribution in [2.45, 2.75) is 50.7 Å². The summed E-state index contributed by atoms with van der Waals surface area (Å²) in [5.74, 6) is 17.4. The van der Waals surface area contributed by atoms with Crippen molar-refractivity contribution in [1.82, 2.24) is 30.0 Å². The number of nitrogens with one attached hydrogen (secondary N) is 3. The zero-order valence-corrected chi connectivity index (χ0v) is 54.5. The highest BCUT2D eigenvalue weighted by molar-refractivity contribution is 9.12. The van der Waals surface area contributed by atoms with Crippen LogP contribution < -0.4 is 68.9 Å². The number of carbonyl (C=O) groups excluding carboxylic acids is 2. The van der Waals surface area contributed by atoms with Crippen molar-refractivity contribution in [2.24, 2.45) is 23.4 Å². The maximum Gasteiger partial charge on any atom is 0.353 e. The molecule has 4 aromatic carbocycles. The van der Waals surface area contributed by atoms with E-state index in [1.54, 1.807) is 66.0 Å². The van der Waals surface area contributed by atoms with Gasteiger partial charge in [0.2, 0.25) is 0 Å². The van der Waals surface area contributed by atoms with Crippen LogP contribution in [0.3, 0.4) is 0 Å². The number of aliphatic hydroxyl groups is 1. The maximum atomic E-state index is 11.8. The van der Waals surface area contributed by atoms with Crippen molar-refractivity contribution >= 4 is 83.7 Å². The first-order chi connectivity index (χ1) is 41.0. The Bertz CT molecular complexity index is 3340. The van der Waals surface area contributed by atoms with Crippen molar-refractivity contribution in [3.63, 3.8) is 0 Å². The summed E-state index contributed by atoms with van der Waals surface area (Å²) in [6.45, 7) is 3.57. The fourth-order valence-electron chi connectivity index (χ4n) is 7.02. The third-order valence-corrected chi connectivity index (χ3v) is 13.7. The maximum absolute atomic E-state index is 11.8. The zero-order chi connectivity index (χ0) is 62.7. The second-order valence-electron chi connectivity index (χ2n) is 17.6. The molecule has 474 valence electrons. The van der Waals surface area contributed by atoms with Crippen LogP contribution in [0, 0.1) is 5.92 Å². The molecule has 5 heterocycles. The molecule has 12 N–H and O–H groups in total. The smallest absolute Gasteiger partial charge is 0.353 e. The van der Waals surface area contributed by atoms with E-state index in [0.29, 0.717) is 37.4 Å². The third-order valence-electron chi connectivity index (χ3n) is 11.7. The molecule has 2 fully saturated rings. The molecule has 0 bridgehead atoms. The van der Waals surface area contributed by atoms with Crippen LogP contribution in [0.5, 0.6) is 28.7 Å². The molecule has 87 heavy (non-hydrogen) atoms. The number of ether oxygens (including phenoxy) is 7. The van der Waals surface area contributed by atoms with Gasteiger partial charge in [-0.05, 0) is 156 Å².